The van der Waals surface area contributed by atoms with Crippen molar-refractivity contribution >= 4 is 12.2 Å². The number of hydrogen-bond donors (Lipinski definition) is 0. The first kappa shape index (κ1) is 14.3. The lowest BCUT2D eigenvalue weighted by molar-refractivity contribution is 0.203. The summed E-state index contributed by atoms with van der Waals surface area (Å²) >= 11 is 5.28. The van der Waals surface area contributed by atoms with E-state index in [4.69, 9.17) is 21.4 Å². The summed E-state index contributed by atoms with van der Waals surface area (Å²) < 4.78 is 12.5. The van der Waals surface area contributed by atoms with Crippen LogP contribution in [0.15, 0.2) is 28.7 Å². The molecule has 0 bridgehead atoms. The molecule has 1 aliphatic carbocycles. The van der Waals surface area contributed by atoms with Crippen LogP contribution in [-0.2, 0) is 6.67 Å². The molecule has 0 unspecified atom stereocenters. The number of hydrogen-bond acceptors (Lipinski definition) is 5. The zero-order valence-electron chi connectivity index (χ0n) is 12.3. The van der Waals surface area contributed by atoms with Gasteiger partial charge in [0.15, 0.2) is 0 Å². The molecule has 1 aliphatic rings. The largest absolute Gasteiger partial charge is 0.497 e. The van der Waals surface area contributed by atoms with Crippen molar-refractivity contribution in [1.82, 2.24) is 14.7 Å². The van der Waals surface area contributed by atoms with Crippen molar-refractivity contribution in [2.24, 2.45) is 0 Å². The summed E-state index contributed by atoms with van der Waals surface area (Å²) in [6, 6.07) is 8.29. The maximum absolute atomic E-state index is 5.62. The summed E-state index contributed by atoms with van der Waals surface area (Å²) in [7, 11) is 1.65. The Kier molecular flexibility index (Phi) is 4.07. The second kappa shape index (κ2) is 5.99. The third-order valence-electron chi connectivity index (χ3n) is 3.73. The Morgan fingerprint density at radius 1 is 1.38 bits per heavy atom. The van der Waals surface area contributed by atoms with E-state index in [1.807, 2.05) is 24.3 Å². The van der Waals surface area contributed by atoms with E-state index >= 15 is 0 Å². The second-order valence-corrected chi connectivity index (χ2v) is 5.53. The number of benzene rings is 1. The molecule has 2 aromatic rings. The standard InChI is InChI=1S/C15H19N3O2S/c1-3-17(12-6-7-12)10-18-15(21)20-14(16-18)11-4-8-13(19-2)9-5-11/h4-5,8-9,12H,3,6-7,10H2,1-2H3. The van der Waals surface area contributed by atoms with Crippen molar-refractivity contribution in [3.63, 3.8) is 0 Å². The van der Waals surface area contributed by atoms with E-state index in [9.17, 15) is 0 Å². The molecular formula is C15H19N3O2S. The molecule has 6 heteroatoms. The van der Waals surface area contributed by atoms with Crippen LogP contribution in [0.25, 0.3) is 11.5 Å². The van der Waals surface area contributed by atoms with Crippen LogP contribution in [0.2, 0.25) is 0 Å². The van der Waals surface area contributed by atoms with Crippen LogP contribution >= 0.6 is 12.2 Å². The van der Waals surface area contributed by atoms with Crippen LogP contribution < -0.4 is 4.74 Å². The summed E-state index contributed by atoms with van der Waals surface area (Å²) in [4.78, 5) is 2.79. The minimum absolute atomic E-state index is 0.417. The summed E-state index contributed by atoms with van der Waals surface area (Å²) in [6.45, 7) is 3.85. The van der Waals surface area contributed by atoms with Crippen LogP contribution in [0.4, 0.5) is 0 Å². The Labute approximate surface area is 129 Å². The molecule has 0 N–H and O–H groups in total. The SMILES string of the molecule is CCN(Cn1nc(-c2ccc(OC)cc2)oc1=S)C1CC1. The smallest absolute Gasteiger partial charge is 0.288 e. The highest BCUT2D eigenvalue weighted by atomic mass is 32.1. The van der Waals surface area contributed by atoms with Crippen LogP contribution in [0.5, 0.6) is 5.75 Å². The highest BCUT2D eigenvalue weighted by Crippen LogP contribution is 2.27. The second-order valence-electron chi connectivity index (χ2n) is 5.18. The molecule has 112 valence electrons. The summed E-state index contributed by atoms with van der Waals surface area (Å²) in [5.41, 5.74) is 0.898. The molecule has 0 aliphatic heterocycles. The van der Waals surface area contributed by atoms with Crippen molar-refractivity contribution in [2.75, 3.05) is 13.7 Å². The van der Waals surface area contributed by atoms with Crippen LogP contribution in [-0.4, -0.2) is 34.4 Å². The van der Waals surface area contributed by atoms with Gasteiger partial charge in [-0.2, -0.15) is 0 Å². The number of rotatable bonds is 6. The van der Waals surface area contributed by atoms with E-state index < -0.39 is 0 Å². The van der Waals surface area contributed by atoms with E-state index in [-0.39, 0.29) is 0 Å². The van der Waals surface area contributed by atoms with Crippen LogP contribution in [0, 0.1) is 4.84 Å². The topological polar surface area (TPSA) is 43.4 Å². The van der Waals surface area contributed by atoms with E-state index in [0.29, 0.717) is 23.4 Å². The minimum Gasteiger partial charge on any atom is -0.497 e. The van der Waals surface area contributed by atoms with E-state index in [1.165, 1.54) is 12.8 Å². The molecule has 1 aromatic heterocycles. The maximum atomic E-state index is 5.62. The Bertz CT molecular complexity index is 658. The molecule has 5 nitrogen and oxygen atoms in total. The number of aromatic nitrogens is 2. The average molecular weight is 305 g/mol. The van der Waals surface area contributed by atoms with Crippen molar-refractivity contribution in [3.05, 3.63) is 29.1 Å². The zero-order valence-corrected chi connectivity index (χ0v) is 13.1. The van der Waals surface area contributed by atoms with Crippen molar-refractivity contribution < 1.29 is 9.15 Å². The first-order valence-corrected chi connectivity index (χ1v) is 7.58. The summed E-state index contributed by atoms with van der Waals surface area (Å²) in [6.07, 6.45) is 2.54. The normalized spacial score (nSPS) is 14.6. The lowest BCUT2D eigenvalue weighted by Crippen LogP contribution is -2.28. The van der Waals surface area contributed by atoms with Gasteiger partial charge < -0.3 is 9.15 Å². The predicted octanol–water partition coefficient (Wildman–Crippen LogP) is 3.32. The first-order chi connectivity index (χ1) is 10.2. The van der Waals surface area contributed by atoms with Gasteiger partial charge in [0.25, 0.3) is 4.84 Å². The molecular weight excluding hydrogens is 286 g/mol. The molecule has 1 saturated carbocycles. The van der Waals surface area contributed by atoms with Gasteiger partial charge in [0.05, 0.1) is 13.8 Å². The van der Waals surface area contributed by atoms with Gasteiger partial charge in [0.2, 0.25) is 5.89 Å². The lowest BCUT2D eigenvalue weighted by Gasteiger charge is -2.18. The molecule has 1 heterocycles. The van der Waals surface area contributed by atoms with Crippen molar-refractivity contribution in [3.8, 4) is 17.2 Å². The molecule has 0 spiro atoms. The number of ether oxygens (including phenoxy) is 1. The molecule has 3 rings (SSSR count). The molecule has 1 aromatic carbocycles. The molecule has 0 amide bonds. The third-order valence-corrected chi connectivity index (χ3v) is 4.02. The van der Waals surface area contributed by atoms with Gasteiger partial charge in [-0.25, -0.2) is 4.68 Å². The van der Waals surface area contributed by atoms with Crippen LogP contribution in [0.1, 0.15) is 19.8 Å². The highest BCUT2D eigenvalue weighted by molar-refractivity contribution is 7.71. The molecule has 0 saturated heterocycles. The van der Waals surface area contributed by atoms with E-state index in [1.54, 1.807) is 11.8 Å². The fourth-order valence-electron chi connectivity index (χ4n) is 2.33. The lowest BCUT2D eigenvalue weighted by atomic mass is 10.2. The average Bonchev–Trinajstić information content (AvgIpc) is 3.29. The molecule has 0 atom stereocenters. The van der Waals surface area contributed by atoms with Gasteiger partial charge in [-0.05, 0) is 55.9 Å². The summed E-state index contributed by atoms with van der Waals surface area (Å²) in [5.74, 6) is 1.36. The summed E-state index contributed by atoms with van der Waals surface area (Å²) in [5, 5.41) is 4.50. The van der Waals surface area contributed by atoms with Gasteiger partial charge in [0.1, 0.15) is 5.75 Å². The Hall–Kier alpha value is -1.66. The maximum Gasteiger partial charge on any atom is 0.288 e. The Morgan fingerprint density at radius 3 is 2.67 bits per heavy atom. The molecule has 0 radical (unpaired) electrons. The third kappa shape index (κ3) is 3.16. The van der Waals surface area contributed by atoms with Gasteiger partial charge >= 0.3 is 0 Å². The number of methoxy groups -OCH3 is 1. The number of nitrogens with zero attached hydrogens (tertiary/aromatic N) is 3. The predicted molar refractivity (Wildman–Crippen MR) is 82.7 cm³/mol. The fourth-order valence-corrected chi connectivity index (χ4v) is 2.51. The fraction of sp³-hybridized carbons (Fsp3) is 0.467. The Balaban J connectivity index is 1.81. The van der Waals surface area contributed by atoms with E-state index in [0.717, 1.165) is 17.9 Å². The Morgan fingerprint density at radius 2 is 2.10 bits per heavy atom. The van der Waals surface area contributed by atoms with Crippen molar-refractivity contribution in [2.45, 2.75) is 32.5 Å². The van der Waals surface area contributed by atoms with Gasteiger partial charge in [-0.15, -0.1) is 5.10 Å². The minimum atomic E-state index is 0.417. The quantitative estimate of drug-likeness (QED) is 0.766. The van der Waals surface area contributed by atoms with Gasteiger partial charge in [0, 0.05) is 11.6 Å². The van der Waals surface area contributed by atoms with Crippen LogP contribution in [0.3, 0.4) is 0 Å². The van der Waals surface area contributed by atoms with E-state index in [2.05, 4.69) is 16.9 Å². The van der Waals surface area contributed by atoms with Gasteiger partial charge in [-0.1, -0.05) is 6.92 Å². The molecule has 1 fully saturated rings. The van der Waals surface area contributed by atoms with Crippen molar-refractivity contribution in [1.29, 1.82) is 0 Å². The monoisotopic (exact) mass is 305 g/mol. The molecule has 21 heavy (non-hydrogen) atoms. The highest BCUT2D eigenvalue weighted by Gasteiger charge is 2.28. The van der Waals surface area contributed by atoms with Gasteiger partial charge in [-0.3, -0.25) is 4.90 Å². The first-order valence-electron chi connectivity index (χ1n) is 7.17. The zero-order chi connectivity index (χ0) is 14.8.